The Labute approximate surface area is 123 Å². The zero-order valence-electron chi connectivity index (χ0n) is 12.3. The molecule has 0 amide bonds. The number of nitrogens with one attached hydrogen (secondary N) is 1. The molecule has 6 heteroatoms. The predicted molar refractivity (Wildman–Crippen MR) is 81.0 cm³/mol. The zero-order valence-corrected chi connectivity index (χ0v) is 12.3. The Morgan fingerprint density at radius 1 is 1.29 bits per heavy atom. The molecule has 21 heavy (non-hydrogen) atoms. The molecule has 0 fully saturated rings. The highest BCUT2D eigenvalue weighted by Crippen LogP contribution is 2.19. The topological polar surface area (TPSA) is 90.1 Å². The van der Waals surface area contributed by atoms with Gasteiger partial charge in [0.2, 0.25) is 5.82 Å². The van der Waals surface area contributed by atoms with Crippen LogP contribution in [0.4, 0.5) is 11.5 Å². The lowest BCUT2D eigenvalue weighted by Gasteiger charge is -2.15. The Hall–Kier alpha value is -2.63. The van der Waals surface area contributed by atoms with E-state index in [1.807, 2.05) is 31.2 Å². The van der Waals surface area contributed by atoms with E-state index in [4.69, 9.17) is 5.73 Å². The van der Waals surface area contributed by atoms with Crippen LogP contribution in [-0.2, 0) is 4.74 Å². The van der Waals surface area contributed by atoms with Crippen LogP contribution in [0.5, 0.6) is 0 Å². The molecule has 1 unspecified atom stereocenters. The number of rotatable bonds is 4. The Morgan fingerprint density at radius 2 is 1.95 bits per heavy atom. The number of ether oxygens (including phenoxy) is 1. The summed E-state index contributed by atoms with van der Waals surface area (Å²) in [6, 6.07) is 9.38. The van der Waals surface area contributed by atoms with E-state index in [-0.39, 0.29) is 11.9 Å². The van der Waals surface area contributed by atoms with Gasteiger partial charge >= 0.3 is 5.97 Å². The highest BCUT2D eigenvalue weighted by molar-refractivity contribution is 5.85. The van der Waals surface area contributed by atoms with E-state index in [2.05, 4.69) is 20.0 Å². The van der Waals surface area contributed by atoms with Crippen LogP contribution in [0.1, 0.15) is 34.8 Å². The Morgan fingerprint density at radius 3 is 2.57 bits per heavy atom. The van der Waals surface area contributed by atoms with Gasteiger partial charge in [0.15, 0.2) is 0 Å². The number of benzene rings is 1. The van der Waals surface area contributed by atoms with E-state index in [0.717, 1.165) is 11.3 Å². The van der Waals surface area contributed by atoms with Gasteiger partial charge in [-0.3, -0.25) is 0 Å². The number of esters is 1. The summed E-state index contributed by atoms with van der Waals surface area (Å²) in [5, 5.41) is 3.24. The molecule has 110 valence electrons. The van der Waals surface area contributed by atoms with Crippen molar-refractivity contribution in [2.75, 3.05) is 18.2 Å². The van der Waals surface area contributed by atoms with Crippen LogP contribution in [0.3, 0.4) is 0 Å². The summed E-state index contributed by atoms with van der Waals surface area (Å²) in [5.41, 5.74) is 8.16. The molecule has 1 aromatic carbocycles. The van der Waals surface area contributed by atoms with Crippen molar-refractivity contribution in [1.29, 1.82) is 0 Å². The second kappa shape index (κ2) is 6.21. The molecule has 0 saturated carbocycles. The average molecular weight is 286 g/mol. The van der Waals surface area contributed by atoms with Gasteiger partial charge in [0.25, 0.3) is 0 Å². The number of nitrogens with two attached hydrogens (primary N) is 1. The second-order valence-corrected chi connectivity index (χ2v) is 4.74. The monoisotopic (exact) mass is 286 g/mol. The molecule has 1 aromatic heterocycles. The Kier molecular flexibility index (Phi) is 4.37. The van der Waals surface area contributed by atoms with Crippen molar-refractivity contribution in [3.8, 4) is 0 Å². The van der Waals surface area contributed by atoms with Crippen molar-refractivity contribution in [1.82, 2.24) is 9.97 Å². The van der Waals surface area contributed by atoms with Crippen LogP contribution in [0.25, 0.3) is 0 Å². The summed E-state index contributed by atoms with van der Waals surface area (Å²) in [6.07, 6.45) is 0. The Bertz CT molecular complexity index is 641. The maximum atomic E-state index is 11.5. The lowest BCUT2D eigenvalue weighted by Crippen LogP contribution is -2.13. The molecule has 0 aliphatic rings. The molecule has 0 bridgehead atoms. The highest BCUT2D eigenvalue weighted by atomic mass is 16.5. The SMILES string of the molecule is COC(=O)c1nc(C)cc(NC(C)c2ccc(N)cc2)n1. The number of nitrogen functional groups attached to an aromatic ring is 1. The maximum Gasteiger partial charge on any atom is 0.376 e. The molecule has 3 N–H and O–H groups in total. The van der Waals surface area contributed by atoms with Gasteiger partial charge in [-0.05, 0) is 31.5 Å². The second-order valence-electron chi connectivity index (χ2n) is 4.74. The molecular formula is C15H18N4O2. The third-order valence-corrected chi connectivity index (χ3v) is 3.02. The molecule has 0 aliphatic heterocycles. The molecule has 1 heterocycles. The largest absolute Gasteiger partial charge is 0.463 e. The standard InChI is InChI=1S/C15H18N4O2/c1-9-8-13(19-14(17-9)15(20)21-3)18-10(2)11-4-6-12(16)7-5-11/h4-8,10H,16H2,1-3H3,(H,17,18,19). The normalized spacial score (nSPS) is 11.8. The molecule has 0 saturated heterocycles. The van der Waals surface area contributed by atoms with Crippen LogP contribution in [0.15, 0.2) is 30.3 Å². The molecule has 2 aromatic rings. The lowest BCUT2D eigenvalue weighted by atomic mass is 10.1. The van der Waals surface area contributed by atoms with E-state index in [9.17, 15) is 4.79 Å². The first-order chi connectivity index (χ1) is 9.99. The first-order valence-electron chi connectivity index (χ1n) is 6.55. The minimum Gasteiger partial charge on any atom is -0.463 e. The summed E-state index contributed by atoms with van der Waals surface area (Å²) >= 11 is 0. The fourth-order valence-electron chi connectivity index (χ4n) is 1.91. The van der Waals surface area contributed by atoms with E-state index in [1.165, 1.54) is 7.11 Å². The van der Waals surface area contributed by atoms with Gasteiger partial charge in [-0.25, -0.2) is 14.8 Å². The number of aromatic nitrogens is 2. The van der Waals surface area contributed by atoms with Gasteiger partial charge in [0.05, 0.1) is 7.11 Å². The molecule has 6 nitrogen and oxygen atoms in total. The van der Waals surface area contributed by atoms with E-state index < -0.39 is 5.97 Å². The fraction of sp³-hybridized carbons (Fsp3) is 0.267. The van der Waals surface area contributed by atoms with Crippen molar-refractivity contribution in [2.45, 2.75) is 19.9 Å². The third-order valence-electron chi connectivity index (χ3n) is 3.02. The average Bonchev–Trinajstić information content (AvgIpc) is 2.46. The van der Waals surface area contributed by atoms with Gasteiger partial charge in [0.1, 0.15) is 5.82 Å². The van der Waals surface area contributed by atoms with Crippen molar-refractivity contribution in [3.05, 3.63) is 47.4 Å². The molecule has 1 atom stereocenters. The van der Waals surface area contributed by atoms with Gasteiger partial charge < -0.3 is 15.8 Å². The molecule has 2 rings (SSSR count). The minimum absolute atomic E-state index is 0.0189. The quantitative estimate of drug-likeness (QED) is 0.662. The number of carbonyl (C=O) groups excluding carboxylic acids is 1. The van der Waals surface area contributed by atoms with Gasteiger partial charge in [-0.15, -0.1) is 0 Å². The van der Waals surface area contributed by atoms with E-state index >= 15 is 0 Å². The van der Waals surface area contributed by atoms with Gasteiger partial charge in [-0.1, -0.05) is 12.1 Å². The summed E-state index contributed by atoms with van der Waals surface area (Å²) in [7, 11) is 1.30. The number of anilines is 2. The van der Waals surface area contributed by atoms with Gasteiger partial charge in [0, 0.05) is 23.5 Å². The summed E-state index contributed by atoms with van der Waals surface area (Å²) < 4.78 is 4.64. The van der Waals surface area contributed by atoms with Crippen molar-refractivity contribution < 1.29 is 9.53 Å². The first kappa shape index (κ1) is 14.8. The maximum absolute atomic E-state index is 11.5. The summed E-state index contributed by atoms with van der Waals surface area (Å²) in [6.45, 7) is 3.80. The smallest absolute Gasteiger partial charge is 0.376 e. The number of nitrogens with zero attached hydrogens (tertiary/aromatic N) is 2. The van der Waals surface area contributed by atoms with E-state index in [1.54, 1.807) is 13.0 Å². The van der Waals surface area contributed by atoms with Crippen LogP contribution >= 0.6 is 0 Å². The van der Waals surface area contributed by atoms with Crippen molar-refractivity contribution in [2.24, 2.45) is 0 Å². The molecule has 0 radical (unpaired) electrons. The van der Waals surface area contributed by atoms with Crippen LogP contribution in [-0.4, -0.2) is 23.0 Å². The number of methoxy groups -OCH3 is 1. The van der Waals surface area contributed by atoms with Crippen LogP contribution < -0.4 is 11.1 Å². The molecule has 0 spiro atoms. The first-order valence-corrected chi connectivity index (χ1v) is 6.55. The lowest BCUT2D eigenvalue weighted by molar-refractivity contribution is 0.0586. The van der Waals surface area contributed by atoms with Crippen molar-refractivity contribution >= 4 is 17.5 Å². The molecule has 0 aliphatic carbocycles. The summed E-state index contributed by atoms with van der Waals surface area (Å²) in [4.78, 5) is 19.7. The third kappa shape index (κ3) is 3.68. The number of aryl methyl sites for hydroxylation is 1. The van der Waals surface area contributed by atoms with Crippen LogP contribution in [0, 0.1) is 6.92 Å². The van der Waals surface area contributed by atoms with E-state index in [0.29, 0.717) is 11.5 Å². The highest BCUT2D eigenvalue weighted by Gasteiger charge is 2.13. The zero-order chi connectivity index (χ0) is 15.4. The number of carbonyl (C=O) groups is 1. The Balaban J connectivity index is 2.20. The van der Waals surface area contributed by atoms with Crippen molar-refractivity contribution in [3.63, 3.8) is 0 Å². The van der Waals surface area contributed by atoms with Crippen LogP contribution in [0.2, 0.25) is 0 Å². The fourth-order valence-corrected chi connectivity index (χ4v) is 1.91. The number of hydrogen-bond acceptors (Lipinski definition) is 6. The predicted octanol–water partition coefficient (Wildman–Crippen LogP) is 2.33. The minimum atomic E-state index is -0.554. The number of hydrogen-bond donors (Lipinski definition) is 2. The summed E-state index contributed by atoms with van der Waals surface area (Å²) in [5.74, 6) is 0.0682. The molecular weight excluding hydrogens is 268 g/mol. The van der Waals surface area contributed by atoms with Gasteiger partial charge in [-0.2, -0.15) is 0 Å².